The van der Waals surface area contributed by atoms with Crippen molar-refractivity contribution in [2.45, 2.75) is 18.9 Å². The largest absolute Gasteiger partial charge is 0.397 e. The van der Waals surface area contributed by atoms with Crippen molar-refractivity contribution in [2.24, 2.45) is 0 Å². The predicted octanol–water partition coefficient (Wildman–Crippen LogP) is 4.04. The highest BCUT2D eigenvalue weighted by Crippen LogP contribution is 2.25. The number of rotatable bonds is 7. The van der Waals surface area contributed by atoms with E-state index in [1.165, 1.54) is 5.56 Å². The van der Waals surface area contributed by atoms with Gasteiger partial charge in [-0.25, -0.2) is 0 Å². The minimum Gasteiger partial charge on any atom is -0.397 e. The zero-order chi connectivity index (χ0) is 18.4. The lowest BCUT2D eigenvalue weighted by molar-refractivity contribution is 0.112. The van der Waals surface area contributed by atoms with Crippen molar-refractivity contribution in [3.8, 4) is 11.1 Å². The zero-order valence-electron chi connectivity index (χ0n) is 14.9. The topological polar surface area (TPSA) is 68.0 Å². The lowest BCUT2D eigenvalue weighted by Gasteiger charge is -2.17. The number of carbonyl (C=O) groups excluding carboxylic acids is 1. The molecule has 0 spiro atoms. The Morgan fingerprint density at radius 3 is 2.54 bits per heavy atom. The van der Waals surface area contributed by atoms with Gasteiger partial charge in [0.05, 0.1) is 17.4 Å². The molecule has 4 heteroatoms. The standard InChI is InChI=1S/C22H23N3O/c1-24-21(22-20(23)7-4-14-25-22)13-10-16-8-11-17(12-9-16)19-6-3-2-5-18(19)15-26/h2-9,11-12,14-15,21,24H,10,13,23H2,1H3. The summed E-state index contributed by atoms with van der Waals surface area (Å²) in [5.74, 6) is 0. The molecule has 3 rings (SSSR count). The molecule has 0 aliphatic carbocycles. The van der Waals surface area contributed by atoms with Gasteiger partial charge in [0.1, 0.15) is 0 Å². The van der Waals surface area contributed by atoms with Crippen LogP contribution in [0.1, 0.15) is 34.1 Å². The first-order valence-electron chi connectivity index (χ1n) is 8.74. The first-order valence-corrected chi connectivity index (χ1v) is 8.74. The van der Waals surface area contributed by atoms with Crippen molar-refractivity contribution < 1.29 is 4.79 Å². The molecule has 2 aromatic carbocycles. The van der Waals surface area contributed by atoms with Gasteiger partial charge in [-0.15, -0.1) is 0 Å². The molecule has 3 aromatic rings. The minimum absolute atomic E-state index is 0.117. The minimum atomic E-state index is 0.117. The van der Waals surface area contributed by atoms with E-state index < -0.39 is 0 Å². The Balaban J connectivity index is 1.71. The number of hydrogen-bond acceptors (Lipinski definition) is 4. The van der Waals surface area contributed by atoms with Crippen LogP contribution in [0.15, 0.2) is 66.9 Å². The number of nitrogens with one attached hydrogen (secondary N) is 1. The van der Waals surface area contributed by atoms with E-state index in [-0.39, 0.29) is 6.04 Å². The summed E-state index contributed by atoms with van der Waals surface area (Å²) in [6.45, 7) is 0. The van der Waals surface area contributed by atoms with Crippen LogP contribution in [0.5, 0.6) is 0 Å². The number of aryl methyl sites for hydroxylation is 1. The van der Waals surface area contributed by atoms with Gasteiger partial charge in [-0.3, -0.25) is 9.78 Å². The van der Waals surface area contributed by atoms with Gasteiger partial charge in [0.2, 0.25) is 0 Å². The number of aldehydes is 1. The Morgan fingerprint density at radius 1 is 1.08 bits per heavy atom. The molecule has 1 unspecified atom stereocenters. The Kier molecular flexibility index (Phi) is 5.77. The molecule has 0 aliphatic rings. The summed E-state index contributed by atoms with van der Waals surface area (Å²) < 4.78 is 0. The first-order chi connectivity index (χ1) is 12.7. The third-order valence-corrected chi connectivity index (χ3v) is 4.62. The average Bonchev–Trinajstić information content (AvgIpc) is 2.70. The van der Waals surface area contributed by atoms with Gasteiger partial charge in [-0.1, -0.05) is 48.5 Å². The fraction of sp³-hybridized carbons (Fsp3) is 0.182. The Morgan fingerprint density at radius 2 is 1.85 bits per heavy atom. The maximum Gasteiger partial charge on any atom is 0.150 e. The van der Waals surface area contributed by atoms with Gasteiger partial charge in [0, 0.05) is 11.8 Å². The lowest BCUT2D eigenvalue weighted by Crippen LogP contribution is -2.19. The molecule has 0 radical (unpaired) electrons. The first kappa shape index (κ1) is 17.8. The van der Waals surface area contributed by atoms with Crippen LogP contribution in [0.3, 0.4) is 0 Å². The smallest absolute Gasteiger partial charge is 0.150 e. The summed E-state index contributed by atoms with van der Waals surface area (Å²) in [4.78, 5) is 15.6. The quantitative estimate of drug-likeness (QED) is 0.634. The number of anilines is 1. The molecule has 0 amide bonds. The zero-order valence-corrected chi connectivity index (χ0v) is 14.9. The summed E-state index contributed by atoms with van der Waals surface area (Å²) in [6.07, 6.45) is 4.49. The van der Waals surface area contributed by atoms with Crippen LogP contribution in [0.4, 0.5) is 5.69 Å². The van der Waals surface area contributed by atoms with Crippen LogP contribution in [0, 0.1) is 0 Å². The number of nitrogen functional groups attached to an aromatic ring is 1. The van der Waals surface area contributed by atoms with Crippen molar-refractivity contribution in [3.05, 3.63) is 83.7 Å². The summed E-state index contributed by atoms with van der Waals surface area (Å²) >= 11 is 0. The van der Waals surface area contributed by atoms with Gasteiger partial charge in [0.25, 0.3) is 0 Å². The monoisotopic (exact) mass is 345 g/mol. The molecular weight excluding hydrogens is 322 g/mol. The molecule has 0 saturated carbocycles. The van der Waals surface area contributed by atoms with E-state index in [1.54, 1.807) is 6.20 Å². The van der Waals surface area contributed by atoms with E-state index in [9.17, 15) is 4.79 Å². The molecule has 0 aliphatic heterocycles. The van der Waals surface area contributed by atoms with Crippen LogP contribution >= 0.6 is 0 Å². The Hall–Kier alpha value is -2.98. The van der Waals surface area contributed by atoms with Crippen molar-refractivity contribution in [1.82, 2.24) is 10.3 Å². The van der Waals surface area contributed by atoms with E-state index >= 15 is 0 Å². The second-order valence-corrected chi connectivity index (χ2v) is 6.26. The fourth-order valence-electron chi connectivity index (χ4n) is 3.16. The predicted molar refractivity (Wildman–Crippen MR) is 106 cm³/mol. The van der Waals surface area contributed by atoms with Crippen LogP contribution < -0.4 is 11.1 Å². The van der Waals surface area contributed by atoms with E-state index in [2.05, 4.69) is 34.6 Å². The van der Waals surface area contributed by atoms with Crippen LogP contribution in [0.25, 0.3) is 11.1 Å². The van der Waals surface area contributed by atoms with E-state index in [0.717, 1.165) is 35.9 Å². The molecule has 132 valence electrons. The summed E-state index contributed by atoms with van der Waals surface area (Å²) in [5, 5.41) is 3.30. The SMILES string of the molecule is CNC(CCc1ccc(-c2ccccc2C=O)cc1)c1ncccc1N. The van der Waals surface area contributed by atoms with Crippen LogP contribution in [-0.4, -0.2) is 18.3 Å². The number of benzene rings is 2. The average molecular weight is 345 g/mol. The second-order valence-electron chi connectivity index (χ2n) is 6.26. The molecule has 0 bridgehead atoms. The molecule has 0 saturated heterocycles. The molecule has 1 heterocycles. The summed E-state index contributed by atoms with van der Waals surface area (Å²) in [7, 11) is 1.93. The summed E-state index contributed by atoms with van der Waals surface area (Å²) in [6, 6.07) is 19.9. The van der Waals surface area contributed by atoms with Gasteiger partial charge in [-0.2, -0.15) is 0 Å². The molecule has 1 aromatic heterocycles. The number of carbonyl (C=O) groups is 1. The Bertz CT molecular complexity index is 875. The third kappa shape index (κ3) is 3.98. The van der Waals surface area contributed by atoms with Gasteiger partial charge < -0.3 is 11.1 Å². The number of hydrogen-bond donors (Lipinski definition) is 2. The number of aromatic nitrogens is 1. The van der Waals surface area contributed by atoms with Crippen molar-refractivity contribution in [2.75, 3.05) is 12.8 Å². The normalized spacial score (nSPS) is 11.9. The molecule has 26 heavy (non-hydrogen) atoms. The molecule has 0 fully saturated rings. The lowest BCUT2D eigenvalue weighted by atomic mass is 9.97. The van der Waals surface area contributed by atoms with Crippen molar-refractivity contribution in [1.29, 1.82) is 0 Å². The van der Waals surface area contributed by atoms with E-state index in [4.69, 9.17) is 5.73 Å². The highest BCUT2D eigenvalue weighted by molar-refractivity contribution is 5.87. The van der Waals surface area contributed by atoms with Crippen LogP contribution in [0.2, 0.25) is 0 Å². The number of nitrogens with two attached hydrogens (primary N) is 1. The van der Waals surface area contributed by atoms with Crippen LogP contribution in [-0.2, 0) is 6.42 Å². The molecule has 1 atom stereocenters. The van der Waals surface area contributed by atoms with Gasteiger partial charge >= 0.3 is 0 Å². The highest BCUT2D eigenvalue weighted by Gasteiger charge is 2.13. The highest BCUT2D eigenvalue weighted by atomic mass is 16.1. The maximum absolute atomic E-state index is 11.2. The second kappa shape index (κ2) is 8.41. The maximum atomic E-state index is 11.2. The van der Waals surface area contributed by atoms with Crippen molar-refractivity contribution >= 4 is 12.0 Å². The number of nitrogens with zero attached hydrogens (tertiary/aromatic N) is 1. The Labute approximate surface area is 154 Å². The van der Waals surface area contributed by atoms with E-state index in [0.29, 0.717) is 11.3 Å². The van der Waals surface area contributed by atoms with Gasteiger partial charge in [-0.05, 0) is 48.7 Å². The molecule has 3 N–H and O–H groups in total. The van der Waals surface area contributed by atoms with E-state index in [1.807, 2.05) is 43.4 Å². The molecular formula is C22H23N3O. The van der Waals surface area contributed by atoms with Gasteiger partial charge in [0.15, 0.2) is 6.29 Å². The molecule has 4 nitrogen and oxygen atoms in total. The third-order valence-electron chi connectivity index (χ3n) is 4.62. The van der Waals surface area contributed by atoms with Crippen molar-refractivity contribution in [3.63, 3.8) is 0 Å². The summed E-state index contributed by atoms with van der Waals surface area (Å²) in [5.41, 5.74) is 11.6. The fourth-order valence-corrected chi connectivity index (χ4v) is 3.16. The number of pyridine rings is 1.